The molecule has 2 aromatic rings. The summed E-state index contributed by atoms with van der Waals surface area (Å²) in [4.78, 5) is 21.9. The fourth-order valence-corrected chi connectivity index (χ4v) is 2.33. The highest BCUT2D eigenvalue weighted by Crippen LogP contribution is 2.13. The molecule has 0 unspecified atom stereocenters. The van der Waals surface area contributed by atoms with Crippen LogP contribution in [0.3, 0.4) is 0 Å². The van der Waals surface area contributed by atoms with Crippen LogP contribution in [0.4, 0.5) is 5.82 Å². The van der Waals surface area contributed by atoms with E-state index < -0.39 is 4.92 Å². The highest BCUT2D eigenvalue weighted by atomic mass is 79.9. The molecule has 23 heavy (non-hydrogen) atoms. The molecule has 0 aliphatic carbocycles. The van der Waals surface area contributed by atoms with Crippen molar-refractivity contribution in [3.63, 3.8) is 0 Å². The second-order valence-electron chi connectivity index (χ2n) is 5.09. The van der Waals surface area contributed by atoms with Crippen molar-refractivity contribution in [3.8, 4) is 0 Å². The van der Waals surface area contributed by atoms with Gasteiger partial charge in [-0.2, -0.15) is 9.78 Å². The van der Waals surface area contributed by atoms with E-state index in [4.69, 9.17) is 0 Å². The first-order chi connectivity index (χ1) is 10.9. The number of carbonyl (C=O) groups excluding carboxylic acids is 1. The molecule has 0 saturated heterocycles. The Bertz CT molecular complexity index is 704. The predicted molar refractivity (Wildman–Crippen MR) is 85.9 cm³/mol. The van der Waals surface area contributed by atoms with Gasteiger partial charge in [0.05, 0.1) is 27.0 Å². The Morgan fingerprint density at radius 3 is 2.74 bits per heavy atom. The van der Waals surface area contributed by atoms with Crippen LogP contribution in [0.15, 0.2) is 16.7 Å². The molecule has 0 radical (unpaired) electrons. The van der Waals surface area contributed by atoms with Gasteiger partial charge in [0, 0.05) is 19.3 Å². The largest absolute Gasteiger partial charge is 0.390 e. The van der Waals surface area contributed by atoms with Crippen LogP contribution in [0.2, 0.25) is 0 Å². The van der Waals surface area contributed by atoms with Gasteiger partial charge in [-0.15, -0.1) is 0 Å². The molecule has 10 heteroatoms. The number of hydrogen-bond donors (Lipinski definition) is 1. The second-order valence-corrected chi connectivity index (χ2v) is 5.94. The maximum atomic E-state index is 11.8. The lowest BCUT2D eigenvalue weighted by molar-refractivity contribution is -0.389. The topological polar surface area (TPSA) is 108 Å². The Labute approximate surface area is 140 Å². The summed E-state index contributed by atoms with van der Waals surface area (Å²) in [5.41, 5.74) is 1.49. The number of nitro groups is 1. The number of nitrogens with zero attached hydrogens (tertiary/aromatic N) is 5. The first-order valence-corrected chi connectivity index (χ1v) is 7.81. The minimum Gasteiger partial charge on any atom is -0.358 e. The zero-order valence-electron chi connectivity index (χ0n) is 12.8. The first-order valence-electron chi connectivity index (χ1n) is 7.02. The molecule has 0 fully saturated rings. The van der Waals surface area contributed by atoms with Crippen LogP contribution in [-0.2, 0) is 17.9 Å². The normalized spacial score (nSPS) is 10.7. The summed E-state index contributed by atoms with van der Waals surface area (Å²) in [5.74, 6) is -0.487. The van der Waals surface area contributed by atoms with E-state index >= 15 is 0 Å². The SMILES string of the molecule is Cc1nn(CCCNC(=O)Cn2nc([N+](=O)[O-])cc2C)cc1Br. The molecule has 2 rings (SSSR count). The lowest BCUT2D eigenvalue weighted by Crippen LogP contribution is -2.29. The number of hydrogen-bond acceptors (Lipinski definition) is 5. The second kappa shape index (κ2) is 7.36. The molecule has 0 atom stereocenters. The van der Waals surface area contributed by atoms with Crippen molar-refractivity contribution in [3.05, 3.63) is 38.2 Å². The van der Waals surface area contributed by atoms with Crippen molar-refractivity contribution in [2.45, 2.75) is 33.4 Å². The number of carbonyl (C=O) groups is 1. The molecule has 1 amide bonds. The van der Waals surface area contributed by atoms with E-state index in [0.717, 1.165) is 16.6 Å². The molecule has 2 aromatic heterocycles. The van der Waals surface area contributed by atoms with Gasteiger partial charge in [-0.1, -0.05) is 0 Å². The van der Waals surface area contributed by atoms with Gasteiger partial charge >= 0.3 is 5.82 Å². The average molecular weight is 385 g/mol. The van der Waals surface area contributed by atoms with E-state index in [1.165, 1.54) is 10.7 Å². The predicted octanol–water partition coefficient (Wildman–Crippen LogP) is 1.57. The number of aryl methyl sites for hydroxylation is 3. The maximum absolute atomic E-state index is 11.8. The molecule has 0 spiro atoms. The molecule has 0 aromatic carbocycles. The van der Waals surface area contributed by atoms with Crippen LogP contribution >= 0.6 is 15.9 Å². The van der Waals surface area contributed by atoms with Gasteiger partial charge < -0.3 is 15.4 Å². The molecule has 9 nitrogen and oxygen atoms in total. The average Bonchev–Trinajstić information content (AvgIpc) is 2.99. The highest BCUT2D eigenvalue weighted by molar-refractivity contribution is 9.10. The van der Waals surface area contributed by atoms with E-state index in [1.54, 1.807) is 6.92 Å². The number of aromatic nitrogens is 4. The Morgan fingerprint density at radius 1 is 1.43 bits per heavy atom. The molecule has 0 bridgehead atoms. The smallest absolute Gasteiger partial charge is 0.358 e. The van der Waals surface area contributed by atoms with Gasteiger partial charge in [-0.25, -0.2) is 0 Å². The maximum Gasteiger partial charge on any atom is 0.390 e. The van der Waals surface area contributed by atoms with Crippen LogP contribution in [0.1, 0.15) is 17.8 Å². The van der Waals surface area contributed by atoms with Crippen molar-refractivity contribution in [1.29, 1.82) is 0 Å². The zero-order chi connectivity index (χ0) is 17.0. The first kappa shape index (κ1) is 17.1. The zero-order valence-corrected chi connectivity index (χ0v) is 14.4. The Morgan fingerprint density at radius 2 is 2.17 bits per heavy atom. The van der Waals surface area contributed by atoms with Gasteiger partial charge in [0.2, 0.25) is 5.91 Å². The molecule has 0 saturated carbocycles. The van der Waals surface area contributed by atoms with Crippen LogP contribution in [-0.4, -0.2) is 36.9 Å². The van der Waals surface area contributed by atoms with Crippen molar-refractivity contribution < 1.29 is 9.72 Å². The third-order valence-electron chi connectivity index (χ3n) is 3.22. The lowest BCUT2D eigenvalue weighted by atomic mass is 10.4. The number of rotatable bonds is 7. The summed E-state index contributed by atoms with van der Waals surface area (Å²) in [6, 6.07) is 1.34. The number of halogens is 1. The van der Waals surface area contributed by atoms with Gasteiger partial charge in [0.25, 0.3) is 0 Å². The minimum atomic E-state index is -0.578. The Kier molecular flexibility index (Phi) is 5.48. The summed E-state index contributed by atoms with van der Waals surface area (Å²) in [5, 5.41) is 21.5. The molecule has 124 valence electrons. The van der Waals surface area contributed by atoms with Crippen molar-refractivity contribution in [2.24, 2.45) is 0 Å². The molecule has 2 heterocycles. The highest BCUT2D eigenvalue weighted by Gasteiger charge is 2.17. The third-order valence-corrected chi connectivity index (χ3v) is 4.00. The number of nitrogens with one attached hydrogen (secondary N) is 1. The minimum absolute atomic E-state index is 0.0356. The Hall–Kier alpha value is -2.23. The van der Waals surface area contributed by atoms with E-state index in [2.05, 4.69) is 31.4 Å². The summed E-state index contributed by atoms with van der Waals surface area (Å²) in [6.45, 7) is 4.74. The quantitative estimate of drug-likeness (QED) is 0.442. The number of amides is 1. The summed E-state index contributed by atoms with van der Waals surface area (Å²) in [6.07, 6.45) is 2.63. The molecular weight excluding hydrogens is 368 g/mol. The van der Waals surface area contributed by atoms with Crippen LogP contribution in [0, 0.1) is 24.0 Å². The standard InChI is InChI=1S/C13H17BrN6O3/c1-9-6-12(20(22)23)17-19(9)8-13(21)15-4-3-5-18-7-11(14)10(2)16-18/h6-7H,3-5,8H2,1-2H3,(H,15,21). The van der Waals surface area contributed by atoms with E-state index in [-0.39, 0.29) is 18.3 Å². The summed E-state index contributed by atoms with van der Waals surface area (Å²) in [7, 11) is 0. The van der Waals surface area contributed by atoms with Crippen molar-refractivity contribution in [1.82, 2.24) is 24.9 Å². The molecule has 0 aliphatic heterocycles. The van der Waals surface area contributed by atoms with Gasteiger partial charge in [-0.3, -0.25) is 9.48 Å². The van der Waals surface area contributed by atoms with Crippen LogP contribution in [0.5, 0.6) is 0 Å². The van der Waals surface area contributed by atoms with Crippen molar-refractivity contribution >= 4 is 27.7 Å². The fraction of sp³-hybridized carbons (Fsp3) is 0.462. The van der Waals surface area contributed by atoms with E-state index in [0.29, 0.717) is 18.8 Å². The molecule has 0 aliphatic rings. The molecule has 1 N–H and O–H groups in total. The van der Waals surface area contributed by atoms with Gasteiger partial charge in [0.15, 0.2) is 0 Å². The summed E-state index contributed by atoms with van der Waals surface area (Å²) < 4.78 is 4.09. The van der Waals surface area contributed by atoms with Gasteiger partial charge in [-0.05, 0) is 41.1 Å². The Balaban J connectivity index is 1.76. The monoisotopic (exact) mass is 384 g/mol. The molecular formula is C13H17BrN6O3. The fourth-order valence-electron chi connectivity index (χ4n) is 2.01. The van der Waals surface area contributed by atoms with Crippen LogP contribution < -0.4 is 5.32 Å². The van der Waals surface area contributed by atoms with Crippen molar-refractivity contribution in [2.75, 3.05) is 6.54 Å². The van der Waals surface area contributed by atoms with E-state index in [9.17, 15) is 14.9 Å². The van der Waals surface area contributed by atoms with E-state index in [1.807, 2.05) is 17.8 Å². The summed E-state index contributed by atoms with van der Waals surface area (Å²) >= 11 is 3.39. The lowest BCUT2D eigenvalue weighted by Gasteiger charge is -2.05. The third kappa shape index (κ3) is 4.62. The van der Waals surface area contributed by atoms with Gasteiger partial charge in [0.1, 0.15) is 6.54 Å². The van der Waals surface area contributed by atoms with Crippen LogP contribution in [0.25, 0.3) is 0 Å².